The lowest BCUT2D eigenvalue weighted by Gasteiger charge is -2.32. The van der Waals surface area contributed by atoms with Gasteiger partial charge in [0, 0.05) is 24.7 Å². The Labute approximate surface area is 158 Å². The highest BCUT2D eigenvalue weighted by Crippen LogP contribution is 2.30. The van der Waals surface area contributed by atoms with Gasteiger partial charge in [0.2, 0.25) is 10.0 Å². The van der Waals surface area contributed by atoms with Crippen LogP contribution in [0.2, 0.25) is 0 Å². The molecular formula is C17H17F3N2O3S2. The minimum Gasteiger partial charge on any atom is -0.339 e. The summed E-state index contributed by atoms with van der Waals surface area (Å²) in [6.45, 7) is 0.541. The maximum Gasteiger partial charge on any atom is 0.416 e. The lowest BCUT2D eigenvalue weighted by molar-refractivity contribution is -0.137. The molecule has 1 aliphatic rings. The van der Waals surface area contributed by atoms with Crippen LogP contribution in [0.4, 0.5) is 13.2 Å². The molecule has 1 saturated heterocycles. The maximum absolute atomic E-state index is 12.8. The van der Waals surface area contributed by atoms with Gasteiger partial charge in [0.25, 0.3) is 5.91 Å². The van der Waals surface area contributed by atoms with Gasteiger partial charge in [-0.3, -0.25) is 4.79 Å². The van der Waals surface area contributed by atoms with Gasteiger partial charge in [-0.25, -0.2) is 13.1 Å². The van der Waals surface area contributed by atoms with E-state index in [1.807, 2.05) is 0 Å². The molecule has 0 saturated carbocycles. The SMILES string of the molecule is O=C(c1cccc(C(F)(F)F)c1)N1CCC(NS(=O)(=O)c2cccs2)CC1. The Balaban J connectivity index is 1.62. The van der Waals surface area contributed by atoms with Crippen molar-refractivity contribution < 1.29 is 26.4 Å². The van der Waals surface area contributed by atoms with E-state index in [2.05, 4.69) is 4.72 Å². The zero-order valence-corrected chi connectivity index (χ0v) is 15.7. The molecule has 3 rings (SSSR count). The molecule has 0 unspecified atom stereocenters. The van der Waals surface area contributed by atoms with Crippen LogP contribution in [0.5, 0.6) is 0 Å². The number of halogens is 3. The quantitative estimate of drug-likeness (QED) is 0.828. The van der Waals surface area contributed by atoms with E-state index in [1.54, 1.807) is 11.4 Å². The number of hydrogen-bond acceptors (Lipinski definition) is 4. The number of amides is 1. The molecule has 1 aromatic heterocycles. The third kappa shape index (κ3) is 4.69. The summed E-state index contributed by atoms with van der Waals surface area (Å²) in [6, 6.07) is 7.16. The number of thiophene rings is 1. The number of nitrogens with zero attached hydrogens (tertiary/aromatic N) is 1. The summed E-state index contributed by atoms with van der Waals surface area (Å²) >= 11 is 1.12. The highest BCUT2D eigenvalue weighted by Gasteiger charge is 2.32. The Morgan fingerprint density at radius 3 is 2.44 bits per heavy atom. The zero-order chi connectivity index (χ0) is 19.7. The number of hydrogen-bond donors (Lipinski definition) is 1. The fourth-order valence-electron chi connectivity index (χ4n) is 2.91. The first-order valence-corrected chi connectivity index (χ1v) is 10.6. The van der Waals surface area contributed by atoms with Crippen molar-refractivity contribution in [2.24, 2.45) is 0 Å². The predicted octanol–water partition coefficient (Wildman–Crippen LogP) is 3.35. The predicted molar refractivity (Wildman–Crippen MR) is 95.0 cm³/mol. The van der Waals surface area contributed by atoms with E-state index in [0.29, 0.717) is 12.8 Å². The Hall–Kier alpha value is -1.91. The van der Waals surface area contributed by atoms with Gasteiger partial charge in [-0.15, -0.1) is 11.3 Å². The summed E-state index contributed by atoms with van der Waals surface area (Å²) in [6.07, 6.45) is -3.71. The normalized spacial score (nSPS) is 16.5. The van der Waals surface area contributed by atoms with Crippen molar-refractivity contribution in [1.29, 1.82) is 0 Å². The number of benzene rings is 1. The standard InChI is InChI=1S/C17H17F3N2O3S2/c18-17(19,20)13-4-1-3-12(11-13)16(23)22-8-6-14(7-9-22)21-27(24,25)15-5-2-10-26-15/h1-5,10-11,14,21H,6-9H2. The molecule has 0 bridgehead atoms. The molecule has 5 nitrogen and oxygen atoms in total. The number of carbonyl (C=O) groups excluding carboxylic acids is 1. The van der Waals surface area contributed by atoms with Gasteiger partial charge in [-0.1, -0.05) is 12.1 Å². The van der Waals surface area contributed by atoms with Crippen molar-refractivity contribution in [1.82, 2.24) is 9.62 Å². The molecule has 0 aliphatic carbocycles. The molecule has 10 heteroatoms. The highest BCUT2D eigenvalue weighted by atomic mass is 32.2. The van der Waals surface area contributed by atoms with Crippen molar-refractivity contribution in [2.45, 2.75) is 29.3 Å². The number of rotatable bonds is 4. The first-order chi connectivity index (χ1) is 12.7. The molecule has 1 fully saturated rings. The maximum atomic E-state index is 12.8. The minimum atomic E-state index is -4.51. The van der Waals surface area contributed by atoms with E-state index in [-0.39, 0.29) is 28.9 Å². The molecule has 1 aromatic carbocycles. The Morgan fingerprint density at radius 2 is 1.85 bits per heavy atom. The summed E-state index contributed by atoms with van der Waals surface area (Å²) in [5, 5.41) is 1.67. The monoisotopic (exact) mass is 418 g/mol. The van der Waals surface area contributed by atoms with Crippen molar-refractivity contribution in [3.05, 3.63) is 52.9 Å². The largest absolute Gasteiger partial charge is 0.416 e. The highest BCUT2D eigenvalue weighted by molar-refractivity contribution is 7.91. The van der Waals surface area contributed by atoms with Crippen molar-refractivity contribution in [3.63, 3.8) is 0 Å². The topological polar surface area (TPSA) is 66.5 Å². The second-order valence-electron chi connectivity index (χ2n) is 6.20. The van der Waals surface area contributed by atoms with Gasteiger partial charge in [-0.05, 0) is 42.5 Å². The van der Waals surface area contributed by atoms with Crippen LogP contribution in [0.15, 0.2) is 46.0 Å². The third-order valence-corrected chi connectivity index (χ3v) is 7.22. The van der Waals surface area contributed by atoms with Crippen LogP contribution in [-0.2, 0) is 16.2 Å². The zero-order valence-electron chi connectivity index (χ0n) is 14.1. The number of alkyl halides is 3. The summed E-state index contributed by atoms with van der Waals surface area (Å²) < 4.78 is 65.8. The number of nitrogens with one attached hydrogen (secondary N) is 1. The van der Waals surface area contributed by atoms with Gasteiger partial charge in [0.05, 0.1) is 5.56 Å². The fraction of sp³-hybridized carbons (Fsp3) is 0.353. The van der Waals surface area contributed by atoms with Gasteiger partial charge in [0.15, 0.2) is 0 Å². The number of sulfonamides is 1. The fourth-order valence-corrected chi connectivity index (χ4v) is 5.22. The van der Waals surface area contributed by atoms with E-state index in [9.17, 15) is 26.4 Å². The van der Waals surface area contributed by atoms with Crippen molar-refractivity contribution >= 4 is 27.3 Å². The van der Waals surface area contributed by atoms with E-state index in [4.69, 9.17) is 0 Å². The number of carbonyl (C=O) groups is 1. The van der Waals surface area contributed by atoms with E-state index in [1.165, 1.54) is 23.1 Å². The number of piperidine rings is 1. The first kappa shape index (κ1) is 19.8. The Bertz CT molecular complexity index is 904. The van der Waals surface area contributed by atoms with E-state index >= 15 is 0 Å². The van der Waals surface area contributed by atoms with Crippen LogP contribution in [0.1, 0.15) is 28.8 Å². The summed E-state index contributed by atoms with van der Waals surface area (Å²) in [7, 11) is -3.59. The summed E-state index contributed by atoms with van der Waals surface area (Å²) in [5.41, 5.74) is -0.894. The van der Waals surface area contributed by atoms with E-state index in [0.717, 1.165) is 23.5 Å². The number of likely N-dealkylation sites (tertiary alicyclic amines) is 1. The van der Waals surface area contributed by atoms with Gasteiger partial charge in [-0.2, -0.15) is 13.2 Å². The molecule has 1 N–H and O–H groups in total. The Kier molecular flexibility index (Phi) is 5.59. The van der Waals surface area contributed by atoms with Crippen molar-refractivity contribution in [2.75, 3.05) is 13.1 Å². The molecule has 0 spiro atoms. The molecule has 2 heterocycles. The van der Waals surface area contributed by atoms with Crippen LogP contribution < -0.4 is 4.72 Å². The average molecular weight is 418 g/mol. The van der Waals surface area contributed by atoms with Gasteiger partial charge < -0.3 is 4.90 Å². The molecule has 27 heavy (non-hydrogen) atoms. The molecular weight excluding hydrogens is 401 g/mol. The first-order valence-electron chi connectivity index (χ1n) is 8.19. The summed E-state index contributed by atoms with van der Waals surface area (Å²) in [4.78, 5) is 13.9. The molecule has 1 amide bonds. The Morgan fingerprint density at radius 1 is 1.15 bits per heavy atom. The third-order valence-electron chi connectivity index (χ3n) is 4.30. The van der Waals surface area contributed by atoms with Gasteiger partial charge in [0.1, 0.15) is 4.21 Å². The van der Waals surface area contributed by atoms with Crippen LogP contribution in [0, 0.1) is 0 Å². The van der Waals surface area contributed by atoms with Crippen LogP contribution >= 0.6 is 11.3 Å². The van der Waals surface area contributed by atoms with Crippen LogP contribution in [0.3, 0.4) is 0 Å². The smallest absolute Gasteiger partial charge is 0.339 e. The molecule has 0 radical (unpaired) electrons. The van der Waals surface area contributed by atoms with Gasteiger partial charge >= 0.3 is 6.18 Å². The van der Waals surface area contributed by atoms with Crippen LogP contribution in [-0.4, -0.2) is 38.4 Å². The molecule has 2 aromatic rings. The van der Waals surface area contributed by atoms with Crippen LogP contribution in [0.25, 0.3) is 0 Å². The molecule has 1 aliphatic heterocycles. The molecule has 0 atom stereocenters. The average Bonchev–Trinajstić information content (AvgIpc) is 3.17. The lowest BCUT2D eigenvalue weighted by Crippen LogP contribution is -2.46. The minimum absolute atomic E-state index is 0.0255. The second-order valence-corrected chi connectivity index (χ2v) is 9.09. The molecule has 146 valence electrons. The summed E-state index contributed by atoms with van der Waals surface area (Å²) in [5.74, 6) is -0.485. The van der Waals surface area contributed by atoms with E-state index < -0.39 is 27.7 Å². The second kappa shape index (κ2) is 7.61. The van der Waals surface area contributed by atoms with Crippen molar-refractivity contribution in [3.8, 4) is 0 Å². The lowest BCUT2D eigenvalue weighted by atomic mass is 10.0.